The average Bonchev–Trinajstić information content (AvgIpc) is 3.35. The standard InChI is InChI=1S/C25H24N4O2/c1-17-9-10-19(16-18(17)2)23-20-6-3-4-7-21(20)24(27-26-23)28-11-13-29(14-12-28)25(30)22-8-5-15-31-22/h3-10,15-16H,11-14H2,1-2H3. The first-order valence-electron chi connectivity index (χ1n) is 10.5. The van der Waals surface area contributed by atoms with E-state index in [4.69, 9.17) is 4.42 Å². The van der Waals surface area contributed by atoms with Gasteiger partial charge < -0.3 is 14.2 Å². The number of piperazine rings is 1. The van der Waals surface area contributed by atoms with Crippen LogP contribution in [-0.2, 0) is 0 Å². The summed E-state index contributed by atoms with van der Waals surface area (Å²) in [5.74, 6) is 1.19. The van der Waals surface area contributed by atoms with Gasteiger partial charge in [0, 0.05) is 42.5 Å². The molecule has 6 nitrogen and oxygen atoms in total. The number of anilines is 1. The minimum absolute atomic E-state index is 0.0642. The second-order valence-corrected chi connectivity index (χ2v) is 7.97. The lowest BCUT2D eigenvalue weighted by atomic mass is 10.0. The normalized spacial score (nSPS) is 14.3. The van der Waals surface area contributed by atoms with E-state index in [2.05, 4.69) is 59.3 Å². The van der Waals surface area contributed by atoms with Crippen LogP contribution in [0.5, 0.6) is 0 Å². The monoisotopic (exact) mass is 412 g/mol. The summed E-state index contributed by atoms with van der Waals surface area (Å²) in [7, 11) is 0. The summed E-state index contributed by atoms with van der Waals surface area (Å²) >= 11 is 0. The van der Waals surface area contributed by atoms with Gasteiger partial charge in [-0.15, -0.1) is 10.2 Å². The molecule has 6 heteroatoms. The molecule has 0 unspecified atom stereocenters. The summed E-state index contributed by atoms with van der Waals surface area (Å²) in [6.07, 6.45) is 1.53. The van der Waals surface area contributed by atoms with Crippen molar-refractivity contribution in [2.45, 2.75) is 13.8 Å². The summed E-state index contributed by atoms with van der Waals surface area (Å²) in [4.78, 5) is 16.6. The predicted octanol–water partition coefficient (Wildman–Crippen LogP) is 4.47. The Balaban J connectivity index is 1.44. The van der Waals surface area contributed by atoms with E-state index in [1.165, 1.54) is 17.4 Å². The maximum absolute atomic E-state index is 12.6. The highest BCUT2D eigenvalue weighted by Crippen LogP contribution is 2.32. The molecule has 2 aromatic carbocycles. The van der Waals surface area contributed by atoms with Crippen molar-refractivity contribution < 1.29 is 9.21 Å². The van der Waals surface area contributed by atoms with Gasteiger partial charge in [0.05, 0.1) is 6.26 Å². The van der Waals surface area contributed by atoms with E-state index < -0.39 is 0 Å². The minimum Gasteiger partial charge on any atom is -0.459 e. The molecule has 1 saturated heterocycles. The number of carbonyl (C=O) groups is 1. The van der Waals surface area contributed by atoms with Gasteiger partial charge in [-0.1, -0.05) is 36.4 Å². The predicted molar refractivity (Wildman–Crippen MR) is 121 cm³/mol. The number of hydrogen-bond acceptors (Lipinski definition) is 5. The van der Waals surface area contributed by atoms with Gasteiger partial charge in [0.15, 0.2) is 11.6 Å². The van der Waals surface area contributed by atoms with Gasteiger partial charge in [-0.05, 0) is 43.2 Å². The number of carbonyl (C=O) groups excluding carboxylic acids is 1. The Morgan fingerprint density at radius 2 is 1.65 bits per heavy atom. The zero-order chi connectivity index (χ0) is 21.4. The van der Waals surface area contributed by atoms with E-state index in [1.54, 1.807) is 12.1 Å². The number of amides is 1. The van der Waals surface area contributed by atoms with Crippen LogP contribution in [0.2, 0.25) is 0 Å². The number of rotatable bonds is 3. The molecular formula is C25H24N4O2. The Kier molecular flexibility index (Phi) is 4.90. The maximum Gasteiger partial charge on any atom is 0.289 e. The quantitative estimate of drug-likeness (QED) is 0.497. The number of benzene rings is 2. The fraction of sp³-hybridized carbons (Fsp3) is 0.240. The van der Waals surface area contributed by atoms with E-state index in [0.29, 0.717) is 31.9 Å². The molecule has 4 aromatic rings. The zero-order valence-electron chi connectivity index (χ0n) is 17.7. The lowest BCUT2D eigenvalue weighted by Gasteiger charge is -2.35. The molecule has 1 fully saturated rings. The number of fused-ring (bicyclic) bond motifs is 1. The third-order valence-electron chi connectivity index (χ3n) is 6.05. The summed E-state index contributed by atoms with van der Waals surface area (Å²) in [5, 5.41) is 11.4. The second kappa shape index (κ2) is 7.87. The van der Waals surface area contributed by atoms with Crippen LogP contribution in [-0.4, -0.2) is 47.2 Å². The molecule has 31 heavy (non-hydrogen) atoms. The Hall–Kier alpha value is -3.67. The van der Waals surface area contributed by atoms with E-state index in [0.717, 1.165) is 27.8 Å². The van der Waals surface area contributed by atoms with E-state index >= 15 is 0 Å². The highest BCUT2D eigenvalue weighted by molar-refractivity contribution is 6.00. The Labute approximate surface area is 181 Å². The Morgan fingerprint density at radius 3 is 2.35 bits per heavy atom. The van der Waals surface area contributed by atoms with Gasteiger partial charge in [0.25, 0.3) is 5.91 Å². The molecule has 2 aromatic heterocycles. The lowest BCUT2D eigenvalue weighted by Crippen LogP contribution is -2.49. The molecule has 1 amide bonds. The van der Waals surface area contributed by atoms with Gasteiger partial charge in [0.2, 0.25) is 0 Å². The first-order valence-corrected chi connectivity index (χ1v) is 10.5. The first kappa shape index (κ1) is 19.3. The van der Waals surface area contributed by atoms with Crippen LogP contribution >= 0.6 is 0 Å². The van der Waals surface area contributed by atoms with Crippen LogP contribution < -0.4 is 4.90 Å². The molecule has 5 rings (SSSR count). The van der Waals surface area contributed by atoms with Crippen molar-refractivity contribution >= 4 is 22.5 Å². The highest BCUT2D eigenvalue weighted by Gasteiger charge is 2.26. The SMILES string of the molecule is Cc1ccc(-c2nnc(N3CCN(C(=O)c4ccco4)CC3)c3ccccc23)cc1C. The van der Waals surface area contributed by atoms with E-state index in [-0.39, 0.29) is 5.91 Å². The molecule has 3 heterocycles. The van der Waals surface area contributed by atoms with Crippen LogP contribution in [0.15, 0.2) is 65.3 Å². The third kappa shape index (κ3) is 3.54. The van der Waals surface area contributed by atoms with Crippen molar-refractivity contribution in [3.8, 4) is 11.3 Å². The lowest BCUT2D eigenvalue weighted by molar-refractivity contribution is 0.0714. The van der Waals surface area contributed by atoms with Crippen LogP contribution in [0, 0.1) is 13.8 Å². The maximum atomic E-state index is 12.6. The summed E-state index contributed by atoms with van der Waals surface area (Å²) < 4.78 is 5.26. The second-order valence-electron chi connectivity index (χ2n) is 7.97. The summed E-state index contributed by atoms with van der Waals surface area (Å²) in [5.41, 5.74) is 4.48. The molecule has 0 bridgehead atoms. The van der Waals surface area contributed by atoms with Crippen LogP contribution in [0.3, 0.4) is 0 Å². The molecular weight excluding hydrogens is 388 g/mol. The van der Waals surface area contributed by atoms with Gasteiger partial charge in [-0.3, -0.25) is 4.79 Å². The van der Waals surface area contributed by atoms with Crippen molar-refractivity contribution in [3.63, 3.8) is 0 Å². The Bertz CT molecular complexity index is 1240. The number of furan rings is 1. The topological polar surface area (TPSA) is 62.5 Å². The summed E-state index contributed by atoms with van der Waals surface area (Å²) in [6, 6.07) is 18.1. The molecule has 0 N–H and O–H groups in total. The van der Waals surface area contributed by atoms with Gasteiger partial charge in [0.1, 0.15) is 5.69 Å². The Morgan fingerprint density at radius 1 is 0.871 bits per heavy atom. The van der Waals surface area contributed by atoms with Crippen molar-refractivity contribution in [2.24, 2.45) is 0 Å². The smallest absolute Gasteiger partial charge is 0.289 e. The molecule has 0 spiro atoms. The largest absolute Gasteiger partial charge is 0.459 e. The van der Waals surface area contributed by atoms with Crippen LogP contribution in [0.1, 0.15) is 21.7 Å². The zero-order valence-corrected chi connectivity index (χ0v) is 17.7. The number of aryl methyl sites for hydroxylation is 2. The molecule has 0 atom stereocenters. The van der Waals surface area contributed by atoms with Gasteiger partial charge >= 0.3 is 0 Å². The number of nitrogens with zero attached hydrogens (tertiary/aromatic N) is 4. The van der Waals surface area contributed by atoms with Crippen molar-refractivity contribution in [1.82, 2.24) is 15.1 Å². The summed E-state index contributed by atoms with van der Waals surface area (Å²) in [6.45, 7) is 6.87. The van der Waals surface area contributed by atoms with Crippen LogP contribution in [0.25, 0.3) is 22.0 Å². The molecule has 1 aliphatic heterocycles. The van der Waals surface area contributed by atoms with Crippen molar-refractivity contribution in [1.29, 1.82) is 0 Å². The van der Waals surface area contributed by atoms with Crippen molar-refractivity contribution in [2.75, 3.05) is 31.1 Å². The molecule has 1 aliphatic rings. The van der Waals surface area contributed by atoms with E-state index in [1.807, 2.05) is 17.0 Å². The van der Waals surface area contributed by atoms with Crippen molar-refractivity contribution in [3.05, 3.63) is 77.7 Å². The van der Waals surface area contributed by atoms with Crippen LogP contribution in [0.4, 0.5) is 5.82 Å². The fourth-order valence-electron chi connectivity index (χ4n) is 4.10. The molecule has 0 radical (unpaired) electrons. The molecule has 156 valence electrons. The average molecular weight is 412 g/mol. The van der Waals surface area contributed by atoms with Gasteiger partial charge in [-0.25, -0.2) is 0 Å². The molecule has 0 saturated carbocycles. The fourth-order valence-corrected chi connectivity index (χ4v) is 4.10. The molecule has 0 aliphatic carbocycles. The van der Waals surface area contributed by atoms with E-state index in [9.17, 15) is 4.79 Å². The number of hydrogen-bond donors (Lipinski definition) is 0. The third-order valence-corrected chi connectivity index (χ3v) is 6.05. The number of aromatic nitrogens is 2. The highest BCUT2D eigenvalue weighted by atomic mass is 16.3. The van der Waals surface area contributed by atoms with Gasteiger partial charge in [-0.2, -0.15) is 0 Å². The minimum atomic E-state index is -0.0642. The first-order chi connectivity index (χ1) is 15.1.